The summed E-state index contributed by atoms with van der Waals surface area (Å²) in [5.41, 5.74) is 3.99. The van der Waals surface area contributed by atoms with Crippen molar-refractivity contribution in [3.05, 3.63) is 75.3 Å². The summed E-state index contributed by atoms with van der Waals surface area (Å²) in [5.74, 6) is -0.173. The molecule has 0 unspecified atom stereocenters. The third-order valence-electron chi connectivity index (χ3n) is 5.24. The van der Waals surface area contributed by atoms with E-state index < -0.39 is 18.5 Å². The molecule has 0 saturated carbocycles. The fourth-order valence-corrected chi connectivity index (χ4v) is 4.55. The largest absolute Gasteiger partial charge is 0.452 e. The molecule has 1 aromatic carbocycles. The van der Waals surface area contributed by atoms with Crippen molar-refractivity contribution in [2.75, 3.05) is 11.9 Å². The number of aromatic nitrogens is 2. The normalized spacial score (nSPS) is 14.0. The Bertz CT molecular complexity index is 1360. The summed E-state index contributed by atoms with van der Waals surface area (Å²) in [6.07, 6.45) is 3.61. The van der Waals surface area contributed by atoms with Gasteiger partial charge in [-0.2, -0.15) is 0 Å². The summed E-state index contributed by atoms with van der Waals surface area (Å²) >= 11 is 1.66. The summed E-state index contributed by atoms with van der Waals surface area (Å²) in [5, 5.41) is 9.01. The smallest absolute Gasteiger partial charge is 0.339 e. The molecule has 1 aliphatic carbocycles. The molecule has 0 saturated heterocycles. The molecule has 1 N–H and O–H groups in total. The molecule has 0 bridgehead atoms. The van der Waals surface area contributed by atoms with Gasteiger partial charge in [-0.25, -0.2) is 9.78 Å². The van der Waals surface area contributed by atoms with Gasteiger partial charge in [0.15, 0.2) is 12.4 Å². The number of thiophene rings is 1. The zero-order valence-corrected chi connectivity index (χ0v) is 18.1. The van der Waals surface area contributed by atoms with Gasteiger partial charge in [0.25, 0.3) is 5.91 Å². The Morgan fingerprint density at radius 1 is 1.22 bits per heavy atom. The number of carbonyl (C=O) groups excluding carboxylic acids is 2. The highest BCUT2D eigenvalue weighted by molar-refractivity contribution is 7.10. The molecule has 3 heterocycles. The molecular weight excluding hydrogens is 426 g/mol. The van der Waals surface area contributed by atoms with Crippen molar-refractivity contribution in [1.82, 2.24) is 10.1 Å². The van der Waals surface area contributed by atoms with E-state index >= 15 is 0 Å². The van der Waals surface area contributed by atoms with Crippen LogP contribution in [0, 0.1) is 6.92 Å². The lowest BCUT2D eigenvalue weighted by Crippen LogP contribution is -2.22. The lowest BCUT2D eigenvalue weighted by molar-refractivity contribution is -0.119. The monoisotopic (exact) mass is 445 g/mol. The van der Waals surface area contributed by atoms with E-state index in [9.17, 15) is 9.59 Å². The maximum atomic E-state index is 13.1. The zero-order valence-electron chi connectivity index (χ0n) is 17.3. The third-order valence-corrected chi connectivity index (χ3v) is 6.05. The lowest BCUT2D eigenvalue weighted by Gasteiger charge is -2.12. The van der Waals surface area contributed by atoms with Crippen LogP contribution >= 0.6 is 11.3 Å². The number of nitrogens with zero attached hydrogens (tertiary/aromatic N) is 2. The third kappa shape index (κ3) is 3.92. The minimum absolute atomic E-state index is 0.280. The van der Waals surface area contributed by atoms with Gasteiger partial charge in [0.05, 0.1) is 16.8 Å². The molecule has 0 fully saturated rings. The molecule has 160 valence electrons. The van der Waals surface area contributed by atoms with Crippen LogP contribution in [0.3, 0.4) is 0 Å². The number of rotatable bonds is 5. The van der Waals surface area contributed by atoms with Crippen molar-refractivity contribution < 1.29 is 18.8 Å². The van der Waals surface area contributed by atoms with Gasteiger partial charge in [-0.05, 0) is 54.5 Å². The predicted molar refractivity (Wildman–Crippen MR) is 122 cm³/mol. The van der Waals surface area contributed by atoms with E-state index in [0.717, 1.165) is 39.0 Å². The number of ether oxygens (including phenoxy) is 1. The van der Waals surface area contributed by atoms with E-state index in [0.29, 0.717) is 17.7 Å². The first-order valence-corrected chi connectivity index (χ1v) is 11.0. The van der Waals surface area contributed by atoms with Crippen LogP contribution in [0.5, 0.6) is 0 Å². The van der Waals surface area contributed by atoms with Crippen molar-refractivity contribution in [3.63, 3.8) is 0 Å². The number of benzene rings is 1. The molecule has 8 heteroatoms. The average Bonchev–Trinajstić information content (AvgIpc) is 3.53. The molecular formula is C24H19N3O4S. The number of aryl methyl sites for hydroxylation is 1. The SMILES string of the molecule is Cc1cc(NC(=O)COC(=O)c2c3c(nc4ccccc24)C(=Cc2cccs2)CC3)no1. The van der Waals surface area contributed by atoms with Crippen LogP contribution in [0.25, 0.3) is 22.6 Å². The predicted octanol–water partition coefficient (Wildman–Crippen LogP) is 4.88. The van der Waals surface area contributed by atoms with E-state index in [1.807, 2.05) is 35.7 Å². The molecule has 0 aliphatic heterocycles. The average molecular weight is 446 g/mol. The van der Waals surface area contributed by atoms with Crippen LogP contribution in [0.4, 0.5) is 5.82 Å². The number of allylic oxidation sites excluding steroid dienone is 1. The number of esters is 1. The Morgan fingerprint density at radius 2 is 2.09 bits per heavy atom. The Hall–Kier alpha value is -3.78. The second-order valence-corrected chi connectivity index (χ2v) is 8.44. The summed E-state index contributed by atoms with van der Waals surface area (Å²) in [6, 6.07) is 13.2. The van der Waals surface area contributed by atoms with E-state index in [1.165, 1.54) is 0 Å². The molecule has 3 aromatic heterocycles. The number of amides is 1. The van der Waals surface area contributed by atoms with Crippen molar-refractivity contribution in [3.8, 4) is 0 Å². The number of nitrogens with one attached hydrogen (secondary N) is 1. The topological polar surface area (TPSA) is 94.3 Å². The van der Waals surface area contributed by atoms with E-state index in [4.69, 9.17) is 14.2 Å². The van der Waals surface area contributed by atoms with Crippen molar-refractivity contribution in [2.45, 2.75) is 19.8 Å². The Labute approximate surface area is 187 Å². The molecule has 1 aliphatic rings. The van der Waals surface area contributed by atoms with Crippen LogP contribution in [0.2, 0.25) is 0 Å². The summed E-state index contributed by atoms with van der Waals surface area (Å²) < 4.78 is 10.3. The fraction of sp³-hybridized carbons (Fsp3) is 0.167. The van der Waals surface area contributed by atoms with Gasteiger partial charge in [-0.3, -0.25) is 4.79 Å². The minimum Gasteiger partial charge on any atom is -0.452 e. The Morgan fingerprint density at radius 3 is 2.88 bits per heavy atom. The van der Waals surface area contributed by atoms with Crippen LogP contribution in [-0.4, -0.2) is 28.6 Å². The van der Waals surface area contributed by atoms with Gasteiger partial charge in [0, 0.05) is 16.3 Å². The number of pyridine rings is 1. The molecule has 4 aromatic rings. The quantitative estimate of drug-likeness (QED) is 0.440. The highest BCUT2D eigenvalue weighted by Crippen LogP contribution is 2.38. The maximum absolute atomic E-state index is 13.1. The number of anilines is 1. The van der Waals surface area contributed by atoms with Gasteiger partial charge < -0.3 is 14.6 Å². The van der Waals surface area contributed by atoms with E-state index in [-0.39, 0.29) is 5.82 Å². The molecule has 0 atom stereocenters. The first-order chi connectivity index (χ1) is 15.6. The fourth-order valence-electron chi connectivity index (χ4n) is 3.86. The summed E-state index contributed by atoms with van der Waals surface area (Å²) in [6.45, 7) is 1.30. The van der Waals surface area contributed by atoms with E-state index in [1.54, 1.807) is 24.3 Å². The van der Waals surface area contributed by atoms with Crippen molar-refractivity contribution in [2.24, 2.45) is 0 Å². The standard InChI is InChI=1S/C24H19N3O4S/c1-14-11-20(27-31-14)26-21(28)13-30-24(29)22-17-6-2-3-7-19(17)25-23-15(8-9-18(22)23)12-16-5-4-10-32-16/h2-7,10-12H,8-9,13H2,1H3,(H,26,27,28). The molecule has 7 nitrogen and oxygen atoms in total. The summed E-state index contributed by atoms with van der Waals surface area (Å²) in [4.78, 5) is 31.3. The molecule has 0 spiro atoms. The number of fused-ring (bicyclic) bond motifs is 2. The summed E-state index contributed by atoms with van der Waals surface area (Å²) in [7, 11) is 0. The minimum atomic E-state index is -0.538. The highest BCUT2D eigenvalue weighted by Gasteiger charge is 2.28. The highest BCUT2D eigenvalue weighted by atomic mass is 32.1. The zero-order chi connectivity index (χ0) is 22.1. The van der Waals surface area contributed by atoms with Crippen LogP contribution in [0.1, 0.15) is 38.7 Å². The van der Waals surface area contributed by atoms with Crippen LogP contribution in [-0.2, 0) is 16.0 Å². The van der Waals surface area contributed by atoms with Crippen molar-refractivity contribution in [1.29, 1.82) is 0 Å². The lowest BCUT2D eigenvalue weighted by atomic mass is 10.0. The van der Waals surface area contributed by atoms with Gasteiger partial charge in [-0.15, -0.1) is 11.3 Å². The number of para-hydroxylation sites is 1. The maximum Gasteiger partial charge on any atom is 0.339 e. The molecule has 0 radical (unpaired) electrons. The number of hydrogen-bond donors (Lipinski definition) is 1. The van der Waals surface area contributed by atoms with Gasteiger partial charge in [-0.1, -0.05) is 29.4 Å². The van der Waals surface area contributed by atoms with Crippen LogP contribution < -0.4 is 5.32 Å². The number of carbonyl (C=O) groups is 2. The van der Waals surface area contributed by atoms with E-state index in [2.05, 4.69) is 22.6 Å². The second-order valence-electron chi connectivity index (χ2n) is 7.46. The molecule has 32 heavy (non-hydrogen) atoms. The first kappa shape index (κ1) is 20.1. The molecule has 1 amide bonds. The van der Waals surface area contributed by atoms with Gasteiger partial charge in [0.2, 0.25) is 0 Å². The molecule has 5 rings (SSSR count). The van der Waals surface area contributed by atoms with Crippen molar-refractivity contribution >= 4 is 51.6 Å². The van der Waals surface area contributed by atoms with Gasteiger partial charge >= 0.3 is 5.97 Å². The number of hydrogen-bond acceptors (Lipinski definition) is 7. The Kier molecular flexibility index (Phi) is 5.28. The van der Waals surface area contributed by atoms with Crippen LogP contribution in [0.15, 0.2) is 52.4 Å². The Balaban J connectivity index is 1.44. The second kappa shape index (κ2) is 8.39. The first-order valence-electron chi connectivity index (χ1n) is 10.1. The van der Waals surface area contributed by atoms with Gasteiger partial charge in [0.1, 0.15) is 5.76 Å².